The standard InChI is InChI=1S/C20H21ClN2O2/c21-17-8-9-19(24)18(15-17)20(25)23-13-11-22(12-14-23)10-4-7-16-5-2-1-3-6-16/h1-9,15,24H,10-14H2/b7-4+. The molecule has 1 amide bonds. The lowest BCUT2D eigenvalue weighted by atomic mass is 10.1. The molecule has 2 aromatic carbocycles. The highest BCUT2D eigenvalue weighted by Crippen LogP contribution is 2.23. The van der Waals surface area contributed by atoms with Crippen molar-refractivity contribution in [3.05, 3.63) is 70.8 Å². The van der Waals surface area contributed by atoms with E-state index in [4.69, 9.17) is 11.6 Å². The van der Waals surface area contributed by atoms with Gasteiger partial charge in [-0.2, -0.15) is 0 Å². The van der Waals surface area contributed by atoms with Crippen LogP contribution in [0.25, 0.3) is 6.08 Å². The number of phenolic OH excluding ortho intramolecular Hbond substituents is 1. The average molecular weight is 357 g/mol. The number of benzene rings is 2. The molecule has 0 unspecified atom stereocenters. The van der Waals surface area contributed by atoms with E-state index < -0.39 is 0 Å². The number of halogens is 1. The number of carbonyl (C=O) groups is 1. The summed E-state index contributed by atoms with van der Waals surface area (Å²) in [6.45, 7) is 3.77. The summed E-state index contributed by atoms with van der Waals surface area (Å²) in [7, 11) is 0. The molecule has 1 N–H and O–H groups in total. The van der Waals surface area contributed by atoms with Gasteiger partial charge >= 0.3 is 0 Å². The third-order valence-corrected chi connectivity index (χ3v) is 4.56. The lowest BCUT2D eigenvalue weighted by Crippen LogP contribution is -2.48. The molecule has 0 aliphatic carbocycles. The van der Waals surface area contributed by atoms with Crippen molar-refractivity contribution in [3.8, 4) is 5.75 Å². The van der Waals surface area contributed by atoms with E-state index in [1.54, 1.807) is 11.0 Å². The van der Waals surface area contributed by atoms with Gasteiger partial charge in [-0.05, 0) is 23.8 Å². The van der Waals surface area contributed by atoms with Crippen LogP contribution in [-0.4, -0.2) is 53.5 Å². The topological polar surface area (TPSA) is 43.8 Å². The number of rotatable bonds is 4. The second-order valence-electron chi connectivity index (χ2n) is 6.07. The average Bonchev–Trinajstić information content (AvgIpc) is 2.65. The Hall–Kier alpha value is -2.30. The van der Waals surface area contributed by atoms with Gasteiger partial charge in [0.25, 0.3) is 5.91 Å². The molecule has 1 aliphatic rings. The first kappa shape index (κ1) is 17.5. The molecule has 0 radical (unpaired) electrons. The molecule has 1 fully saturated rings. The molecule has 1 heterocycles. The van der Waals surface area contributed by atoms with E-state index in [0.717, 1.165) is 19.6 Å². The quantitative estimate of drug-likeness (QED) is 0.911. The van der Waals surface area contributed by atoms with Crippen molar-refractivity contribution in [1.82, 2.24) is 9.80 Å². The third kappa shape index (κ3) is 4.62. The zero-order chi connectivity index (χ0) is 17.6. The minimum Gasteiger partial charge on any atom is -0.507 e. The number of amides is 1. The lowest BCUT2D eigenvalue weighted by molar-refractivity contribution is 0.0647. The molecular weight excluding hydrogens is 336 g/mol. The minimum absolute atomic E-state index is 0.0253. The fourth-order valence-electron chi connectivity index (χ4n) is 2.89. The van der Waals surface area contributed by atoms with Crippen molar-refractivity contribution in [2.24, 2.45) is 0 Å². The second-order valence-corrected chi connectivity index (χ2v) is 6.50. The summed E-state index contributed by atoms with van der Waals surface area (Å²) in [5, 5.41) is 10.3. The molecule has 130 valence electrons. The molecule has 2 aromatic rings. The highest BCUT2D eigenvalue weighted by atomic mass is 35.5. The molecule has 0 atom stereocenters. The molecule has 0 saturated carbocycles. The number of hydrogen-bond acceptors (Lipinski definition) is 3. The molecule has 25 heavy (non-hydrogen) atoms. The largest absolute Gasteiger partial charge is 0.507 e. The van der Waals surface area contributed by atoms with Gasteiger partial charge in [0.15, 0.2) is 0 Å². The maximum atomic E-state index is 12.6. The lowest BCUT2D eigenvalue weighted by Gasteiger charge is -2.34. The number of phenols is 1. The molecule has 0 spiro atoms. The van der Waals surface area contributed by atoms with Crippen LogP contribution in [0.4, 0.5) is 0 Å². The van der Waals surface area contributed by atoms with Crippen LogP contribution in [0, 0.1) is 0 Å². The monoisotopic (exact) mass is 356 g/mol. The summed E-state index contributed by atoms with van der Waals surface area (Å²) in [6, 6.07) is 14.8. The summed E-state index contributed by atoms with van der Waals surface area (Å²) in [6.07, 6.45) is 4.26. The molecular formula is C20H21ClN2O2. The highest BCUT2D eigenvalue weighted by Gasteiger charge is 2.23. The van der Waals surface area contributed by atoms with E-state index in [1.807, 2.05) is 18.2 Å². The maximum absolute atomic E-state index is 12.6. The van der Waals surface area contributed by atoms with Crippen molar-refractivity contribution < 1.29 is 9.90 Å². The second kappa shape index (κ2) is 8.19. The van der Waals surface area contributed by atoms with Crippen LogP contribution in [0.1, 0.15) is 15.9 Å². The van der Waals surface area contributed by atoms with E-state index in [2.05, 4.69) is 29.2 Å². The Bertz CT molecular complexity index is 754. The van der Waals surface area contributed by atoms with Crippen molar-refractivity contribution in [2.45, 2.75) is 0 Å². The van der Waals surface area contributed by atoms with Crippen molar-refractivity contribution >= 4 is 23.6 Å². The number of carbonyl (C=O) groups excluding carboxylic acids is 1. The molecule has 0 aromatic heterocycles. The predicted octanol–water partition coefficient (Wildman–Crippen LogP) is 3.52. The Kier molecular flexibility index (Phi) is 5.74. The van der Waals surface area contributed by atoms with Crippen molar-refractivity contribution in [1.29, 1.82) is 0 Å². The van der Waals surface area contributed by atoms with Gasteiger partial charge < -0.3 is 10.0 Å². The fraction of sp³-hybridized carbons (Fsp3) is 0.250. The van der Waals surface area contributed by atoms with Gasteiger partial charge in [-0.1, -0.05) is 54.1 Å². The number of hydrogen-bond donors (Lipinski definition) is 1. The molecule has 1 aliphatic heterocycles. The Morgan fingerprint density at radius 1 is 1.08 bits per heavy atom. The summed E-state index contributed by atoms with van der Waals surface area (Å²) in [5.41, 5.74) is 1.46. The van der Waals surface area contributed by atoms with Crippen LogP contribution < -0.4 is 0 Å². The summed E-state index contributed by atoms with van der Waals surface area (Å²) in [4.78, 5) is 16.6. The van der Waals surface area contributed by atoms with Gasteiger partial charge in [-0.3, -0.25) is 9.69 Å². The van der Waals surface area contributed by atoms with E-state index >= 15 is 0 Å². The normalized spacial score (nSPS) is 15.6. The van der Waals surface area contributed by atoms with Crippen LogP contribution in [0.2, 0.25) is 5.02 Å². The molecule has 1 saturated heterocycles. The minimum atomic E-state index is -0.167. The predicted molar refractivity (Wildman–Crippen MR) is 101 cm³/mol. The Balaban J connectivity index is 1.52. The van der Waals surface area contributed by atoms with E-state index in [1.165, 1.54) is 17.7 Å². The van der Waals surface area contributed by atoms with Gasteiger partial charge in [0.1, 0.15) is 5.75 Å². The van der Waals surface area contributed by atoms with Gasteiger partial charge in [0.2, 0.25) is 0 Å². The van der Waals surface area contributed by atoms with Crippen LogP contribution in [0.15, 0.2) is 54.6 Å². The van der Waals surface area contributed by atoms with E-state index in [9.17, 15) is 9.90 Å². The first-order valence-corrected chi connectivity index (χ1v) is 8.73. The van der Waals surface area contributed by atoms with Crippen LogP contribution in [0.3, 0.4) is 0 Å². The molecule has 3 rings (SSSR count). The SMILES string of the molecule is O=C(c1cc(Cl)ccc1O)N1CCN(C/C=C/c2ccccc2)CC1. The molecule has 4 nitrogen and oxygen atoms in total. The summed E-state index contributed by atoms with van der Waals surface area (Å²) >= 11 is 5.93. The third-order valence-electron chi connectivity index (χ3n) is 4.32. The molecule has 0 bridgehead atoms. The Labute approximate surface area is 152 Å². The number of piperazine rings is 1. The van der Waals surface area contributed by atoms with Crippen molar-refractivity contribution in [2.75, 3.05) is 32.7 Å². The molecule has 5 heteroatoms. The van der Waals surface area contributed by atoms with Gasteiger partial charge in [-0.25, -0.2) is 0 Å². The Morgan fingerprint density at radius 3 is 2.52 bits per heavy atom. The van der Waals surface area contributed by atoms with Gasteiger partial charge in [0, 0.05) is 37.7 Å². The first-order valence-electron chi connectivity index (χ1n) is 8.35. The zero-order valence-electron chi connectivity index (χ0n) is 13.9. The smallest absolute Gasteiger partial charge is 0.257 e. The fourth-order valence-corrected chi connectivity index (χ4v) is 3.06. The van der Waals surface area contributed by atoms with Crippen LogP contribution in [-0.2, 0) is 0 Å². The van der Waals surface area contributed by atoms with Gasteiger partial charge in [-0.15, -0.1) is 0 Å². The summed E-state index contributed by atoms with van der Waals surface area (Å²) < 4.78 is 0. The summed E-state index contributed by atoms with van der Waals surface area (Å²) in [5.74, 6) is -0.192. The van der Waals surface area contributed by atoms with E-state index in [-0.39, 0.29) is 17.2 Å². The maximum Gasteiger partial charge on any atom is 0.257 e. The number of nitrogens with zero attached hydrogens (tertiary/aromatic N) is 2. The van der Waals surface area contributed by atoms with Crippen LogP contribution >= 0.6 is 11.6 Å². The van der Waals surface area contributed by atoms with E-state index in [0.29, 0.717) is 18.1 Å². The Morgan fingerprint density at radius 2 is 1.80 bits per heavy atom. The zero-order valence-corrected chi connectivity index (χ0v) is 14.7. The highest BCUT2D eigenvalue weighted by molar-refractivity contribution is 6.31. The first-order chi connectivity index (χ1) is 12.1. The van der Waals surface area contributed by atoms with Crippen molar-refractivity contribution in [3.63, 3.8) is 0 Å². The van der Waals surface area contributed by atoms with Crippen LogP contribution in [0.5, 0.6) is 5.75 Å². The number of aromatic hydroxyl groups is 1. The van der Waals surface area contributed by atoms with Gasteiger partial charge in [0.05, 0.1) is 5.56 Å².